The molecule has 0 fully saturated rings. The predicted molar refractivity (Wildman–Crippen MR) is 73.3 cm³/mol. The summed E-state index contributed by atoms with van der Waals surface area (Å²) in [6.45, 7) is 1.55. The van der Waals surface area contributed by atoms with E-state index in [2.05, 4.69) is 0 Å². The van der Waals surface area contributed by atoms with Crippen molar-refractivity contribution in [2.24, 2.45) is 5.73 Å². The Labute approximate surface area is 121 Å². The molecule has 0 aromatic heterocycles. The zero-order valence-corrected chi connectivity index (χ0v) is 11.7. The molecule has 0 bridgehead atoms. The van der Waals surface area contributed by atoms with Crippen LogP contribution in [0.3, 0.4) is 0 Å². The Morgan fingerprint density at radius 2 is 1.86 bits per heavy atom. The Hall–Kier alpha value is -1.82. The van der Waals surface area contributed by atoms with Crippen molar-refractivity contribution in [2.45, 2.75) is 25.1 Å². The van der Waals surface area contributed by atoms with Crippen LogP contribution in [-0.2, 0) is 10.3 Å². The summed E-state index contributed by atoms with van der Waals surface area (Å²) in [5.41, 5.74) is 4.91. The maximum atomic E-state index is 12.6. The van der Waals surface area contributed by atoms with Gasteiger partial charge in [0.25, 0.3) is 0 Å². The van der Waals surface area contributed by atoms with Crippen molar-refractivity contribution in [1.82, 2.24) is 4.90 Å². The zero-order valence-electron chi connectivity index (χ0n) is 11.7. The average molecular weight is 298 g/mol. The number of rotatable bonds is 2. The summed E-state index contributed by atoms with van der Waals surface area (Å²) in [6, 6.07) is 8.82. The second-order valence-electron chi connectivity index (χ2n) is 5.30. The molecular formula is C15H17F3N2O. The van der Waals surface area contributed by atoms with Crippen molar-refractivity contribution >= 4 is 5.91 Å². The largest absolute Gasteiger partial charge is 0.412 e. The van der Waals surface area contributed by atoms with Crippen LogP contribution < -0.4 is 5.73 Å². The number of halogens is 3. The molecule has 21 heavy (non-hydrogen) atoms. The molecule has 0 saturated heterocycles. The van der Waals surface area contributed by atoms with Crippen molar-refractivity contribution in [1.29, 1.82) is 0 Å². The van der Waals surface area contributed by atoms with E-state index in [0.717, 1.165) is 6.08 Å². The summed E-state index contributed by atoms with van der Waals surface area (Å²) in [5, 5.41) is 0. The molecule has 2 rings (SSSR count). The molecule has 1 atom stereocenters. The Morgan fingerprint density at radius 1 is 1.24 bits per heavy atom. The molecule has 1 aromatic carbocycles. The van der Waals surface area contributed by atoms with Gasteiger partial charge in [0, 0.05) is 18.7 Å². The minimum atomic E-state index is -4.32. The van der Waals surface area contributed by atoms with E-state index in [0.29, 0.717) is 5.56 Å². The number of nitrogens with two attached hydrogens (primary N) is 1. The number of carbonyl (C=O) groups excluding carboxylic acids is 1. The number of hydrogen-bond acceptors (Lipinski definition) is 2. The minimum Gasteiger partial charge on any atom is -0.337 e. The summed E-state index contributed by atoms with van der Waals surface area (Å²) in [6.07, 6.45) is -3.46. The number of carbonyl (C=O) groups is 1. The van der Waals surface area contributed by atoms with E-state index in [9.17, 15) is 18.0 Å². The summed E-state index contributed by atoms with van der Waals surface area (Å²) in [7, 11) is 0. The van der Waals surface area contributed by atoms with Crippen molar-refractivity contribution in [3.05, 3.63) is 47.5 Å². The lowest BCUT2D eigenvalue weighted by Crippen LogP contribution is -2.52. The van der Waals surface area contributed by atoms with E-state index in [1.54, 1.807) is 31.2 Å². The van der Waals surface area contributed by atoms with Crippen LogP contribution in [0, 0.1) is 0 Å². The van der Waals surface area contributed by atoms with Gasteiger partial charge in [0.15, 0.2) is 0 Å². The van der Waals surface area contributed by atoms with Gasteiger partial charge < -0.3 is 10.6 Å². The molecule has 1 aliphatic rings. The Morgan fingerprint density at radius 3 is 2.33 bits per heavy atom. The molecule has 1 heterocycles. The monoisotopic (exact) mass is 298 g/mol. The van der Waals surface area contributed by atoms with Gasteiger partial charge in [-0.3, -0.25) is 4.79 Å². The Kier molecular flexibility index (Phi) is 4.09. The summed E-state index contributed by atoms with van der Waals surface area (Å²) in [5.74, 6) is -0.369. The molecule has 0 radical (unpaired) electrons. The van der Waals surface area contributed by atoms with E-state index in [4.69, 9.17) is 5.73 Å². The molecule has 114 valence electrons. The number of hydrogen-bond donors (Lipinski definition) is 1. The summed E-state index contributed by atoms with van der Waals surface area (Å²) < 4.78 is 37.7. The molecule has 0 saturated carbocycles. The number of alkyl halides is 3. The quantitative estimate of drug-likeness (QED) is 0.853. The first kappa shape index (κ1) is 15.6. The highest BCUT2D eigenvalue weighted by Gasteiger charge is 2.39. The fraction of sp³-hybridized carbons (Fsp3) is 0.400. The van der Waals surface area contributed by atoms with Crippen LogP contribution in [-0.4, -0.2) is 30.1 Å². The fourth-order valence-electron chi connectivity index (χ4n) is 2.35. The summed E-state index contributed by atoms with van der Waals surface area (Å²) >= 11 is 0. The third-order valence-electron chi connectivity index (χ3n) is 3.68. The second kappa shape index (κ2) is 5.52. The first-order valence-corrected chi connectivity index (χ1v) is 6.63. The molecule has 0 aliphatic carbocycles. The van der Waals surface area contributed by atoms with Crippen LogP contribution in [0.2, 0.25) is 0 Å². The maximum absolute atomic E-state index is 12.6. The van der Waals surface area contributed by atoms with Gasteiger partial charge in [0.1, 0.15) is 5.54 Å². The molecule has 1 unspecified atom stereocenters. The van der Waals surface area contributed by atoms with Gasteiger partial charge in [-0.05, 0) is 18.9 Å². The van der Waals surface area contributed by atoms with Crippen LogP contribution >= 0.6 is 0 Å². The highest BCUT2D eigenvalue weighted by Crippen LogP contribution is 2.31. The topological polar surface area (TPSA) is 46.3 Å². The molecule has 2 N–H and O–H groups in total. The van der Waals surface area contributed by atoms with Crippen LogP contribution in [0.1, 0.15) is 18.9 Å². The first-order chi connectivity index (χ1) is 9.73. The molecule has 0 spiro atoms. The first-order valence-electron chi connectivity index (χ1n) is 6.63. The van der Waals surface area contributed by atoms with Gasteiger partial charge in [0.05, 0.1) is 0 Å². The second-order valence-corrected chi connectivity index (χ2v) is 5.30. The van der Waals surface area contributed by atoms with Gasteiger partial charge in [-0.1, -0.05) is 36.4 Å². The van der Waals surface area contributed by atoms with Gasteiger partial charge in [-0.15, -0.1) is 0 Å². The Balaban J connectivity index is 2.14. The standard InChI is InChI=1S/C15H17F3N2O/c1-14(19,11-5-3-2-4-6-11)13(21)20-9-7-12(8-10-20)15(16,17)18/h2-7H,8-10,19H2,1H3. The maximum Gasteiger partial charge on any atom is 0.412 e. The third-order valence-corrected chi connectivity index (χ3v) is 3.68. The average Bonchev–Trinajstić information content (AvgIpc) is 2.46. The number of nitrogens with zero attached hydrogens (tertiary/aromatic N) is 1. The van der Waals surface area contributed by atoms with Crippen LogP contribution in [0.5, 0.6) is 0 Å². The lowest BCUT2D eigenvalue weighted by molar-refractivity contribution is -0.137. The van der Waals surface area contributed by atoms with Gasteiger partial charge >= 0.3 is 6.18 Å². The van der Waals surface area contributed by atoms with E-state index in [1.165, 1.54) is 4.90 Å². The van der Waals surface area contributed by atoms with Gasteiger partial charge in [-0.2, -0.15) is 13.2 Å². The smallest absolute Gasteiger partial charge is 0.337 e. The van der Waals surface area contributed by atoms with Crippen LogP contribution in [0.25, 0.3) is 0 Å². The molecule has 6 heteroatoms. The van der Waals surface area contributed by atoms with Crippen LogP contribution in [0.15, 0.2) is 42.0 Å². The van der Waals surface area contributed by atoms with Gasteiger partial charge in [0.2, 0.25) is 5.91 Å². The highest BCUT2D eigenvalue weighted by molar-refractivity contribution is 5.87. The summed E-state index contributed by atoms with van der Waals surface area (Å²) in [4.78, 5) is 13.8. The predicted octanol–water partition coefficient (Wildman–Crippen LogP) is 2.58. The molecule has 1 amide bonds. The van der Waals surface area contributed by atoms with Crippen molar-refractivity contribution in [3.63, 3.8) is 0 Å². The zero-order chi connectivity index (χ0) is 15.7. The van der Waals surface area contributed by atoms with E-state index < -0.39 is 17.3 Å². The fourth-order valence-corrected chi connectivity index (χ4v) is 2.35. The lowest BCUT2D eigenvalue weighted by atomic mass is 9.91. The Bertz CT molecular complexity index is 550. The highest BCUT2D eigenvalue weighted by atomic mass is 19.4. The lowest BCUT2D eigenvalue weighted by Gasteiger charge is -2.34. The minimum absolute atomic E-state index is 0.0315. The van der Waals surface area contributed by atoms with E-state index in [1.807, 2.05) is 6.07 Å². The van der Waals surface area contributed by atoms with Crippen molar-refractivity contribution in [2.75, 3.05) is 13.1 Å². The van der Waals surface area contributed by atoms with Crippen LogP contribution in [0.4, 0.5) is 13.2 Å². The number of amides is 1. The third kappa shape index (κ3) is 3.26. The SMILES string of the molecule is CC(N)(C(=O)N1CC=C(C(F)(F)F)CC1)c1ccccc1. The van der Waals surface area contributed by atoms with Crippen molar-refractivity contribution < 1.29 is 18.0 Å². The van der Waals surface area contributed by atoms with Crippen molar-refractivity contribution in [3.8, 4) is 0 Å². The molecule has 1 aromatic rings. The van der Waals surface area contributed by atoms with E-state index >= 15 is 0 Å². The molecular weight excluding hydrogens is 281 g/mol. The molecule has 3 nitrogen and oxygen atoms in total. The van der Waals surface area contributed by atoms with E-state index in [-0.39, 0.29) is 25.4 Å². The number of benzene rings is 1. The molecule has 1 aliphatic heterocycles. The van der Waals surface area contributed by atoms with Gasteiger partial charge in [-0.25, -0.2) is 0 Å². The normalized spacial score (nSPS) is 18.9.